The van der Waals surface area contributed by atoms with Gasteiger partial charge in [0.25, 0.3) is 0 Å². The summed E-state index contributed by atoms with van der Waals surface area (Å²) in [6.45, 7) is 0. The second-order valence-corrected chi connectivity index (χ2v) is 2.80. The summed E-state index contributed by atoms with van der Waals surface area (Å²) in [7, 11) is 2.31. The number of rotatable bonds is 1. The van der Waals surface area contributed by atoms with Crippen LogP contribution in [0.3, 0.4) is 0 Å². The van der Waals surface area contributed by atoms with E-state index >= 15 is 0 Å². The minimum atomic E-state index is 0.334. The van der Waals surface area contributed by atoms with Gasteiger partial charge >= 0.3 is 0 Å². The van der Waals surface area contributed by atoms with Crippen molar-refractivity contribution in [2.24, 2.45) is 0 Å². The molecule has 1 aromatic rings. The second-order valence-electron chi connectivity index (χ2n) is 2.53. The van der Waals surface area contributed by atoms with Gasteiger partial charge in [-0.05, 0) is 11.1 Å². The fourth-order valence-electron chi connectivity index (χ4n) is 1.33. The zero-order valence-electron chi connectivity index (χ0n) is 5.58. The minimum absolute atomic E-state index is 0.334. The van der Waals surface area contributed by atoms with Gasteiger partial charge in [-0.3, -0.25) is 0 Å². The highest BCUT2D eigenvalue weighted by molar-refractivity contribution is 7.09. The molecule has 2 unspecified atom stereocenters. The molecule has 2 rings (SSSR count). The Kier molecular flexibility index (Phi) is 1.48. The molecule has 0 saturated heterocycles. The summed E-state index contributed by atoms with van der Waals surface area (Å²) in [4.78, 5) is 0. The first kappa shape index (κ1) is 6.33. The summed E-state index contributed by atoms with van der Waals surface area (Å²) in [6, 6.07) is 8.38. The molecule has 2 heteroatoms. The summed E-state index contributed by atoms with van der Waals surface area (Å²) in [5, 5.41) is 0. The number of hydrogen-bond donors (Lipinski definition) is 0. The molecule has 52 valence electrons. The minimum Gasteiger partial charge on any atom is -0.357 e. The van der Waals surface area contributed by atoms with E-state index < -0.39 is 0 Å². The van der Waals surface area contributed by atoms with Crippen LogP contribution in [0.1, 0.15) is 17.2 Å². The Hall–Kier alpha value is -0.390. The van der Waals surface area contributed by atoms with E-state index in [4.69, 9.17) is 4.52 Å². The van der Waals surface area contributed by atoms with Gasteiger partial charge in [0, 0.05) is 15.9 Å². The fraction of sp³-hybridized carbons (Fsp3) is 0.250. The van der Waals surface area contributed by atoms with Crippen molar-refractivity contribution < 1.29 is 4.52 Å². The molecule has 0 N–H and O–H groups in total. The molecule has 10 heavy (non-hydrogen) atoms. The van der Waals surface area contributed by atoms with Crippen LogP contribution in [0.5, 0.6) is 0 Å². The van der Waals surface area contributed by atoms with Crippen LogP contribution < -0.4 is 0 Å². The monoisotopic (exact) mass is 152 g/mol. The highest BCUT2D eigenvalue weighted by Gasteiger charge is 2.24. The van der Waals surface area contributed by atoms with Crippen molar-refractivity contribution in [2.45, 2.75) is 12.5 Å². The van der Waals surface area contributed by atoms with Gasteiger partial charge in [0.05, 0.1) is 6.10 Å². The maximum Gasteiger partial charge on any atom is 0.0903 e. The lowest BCUT2D eigenvalue weighted by atomic mass is 9.86. The normalized spacial score (nSPS) is 21.5. The SMILES string of the molecule is POC1Cc2ccccc21. The van der Waals surface area contributed by atoms with Crippen LogP contribution in [0.4, 0.5) is 0 Å². The molecule has 0 aliphatic heterocycles. The van der Waals surface area contributed by atoms with E-state index in [0.29, 0.717) is 6.10 Å². The van der Waals surface area contributed by atoms with E-state index in [1.807, 2.05) is 0 Å². The van der Waals surface area contributed by atoms with Crippen LogP contribution in [-0.2, 0) is 10.9 Å². The third-order valence-electron chi connectivity index (χ3n) is 1.97. The number of fused-ring (bicyclic) bond motifs is 1. The zero-order valence-corrected chi connectivity index (χ0v) is 6.73. The molecule has 0 radical (unpaired) electrons. The molecule has 1 aromatic carbocycles. The molecule has 2 atom stereocenters. The zero-order chi connectivity index (χ0) is 6.97. The maximum atomic E-state index is 5.13. The summed E-state index contributed by atoms with van der Waals surface area (Å²) in [5.74, 6) is 0. The largest absolute Gasteiger partial charge is 0.357 e. The van der Waals surface area contributed by atoms with Gasteiger partial charge in [-0.1, -0.05) is 24.3 Å². The molecule has 0 spiro atoms. The Bertz CT molecular complexity index is 247. The smallest absolute Gasteiger partial charge is 0.0903 e. The average Bonchev–Trinajstić information content (AvgIpc) is 1.92. The fourth-order valence-corrected chi connectivity index (χ4v) is 1.58. The predicted molar refractivity (Wildman–Crippen MR) is 43.7 cm³/mol. The number of benzene rings is 1. The third kappa shape index (κ3) is 0.783. The van der Waals surface area contributed by atoms with Crippen LogP contribution in [0.25, 0.3) is 0 Å². The average molecular weight is 152 g/mol. The first-order valence-electron chi connectivity index (χ1n) is 3.35. The molecular weight excluding hydrogens is 143 g/mol. The lowest BCUT2D eigenvalue weighted by molar-refractivity contribution is 0.217. The van der Waals surface area contributed by atoms with E-state index in [1.54, 1.807) is 0 Å². The third-order valence-corrected chi connectivity index (χ3v) is 2.30. The molecule has 0 aromatic heterocycles. The summed E-state index contributed by atoms with van der Waals surface area (Å²) in [6.07, 6.45) is 1.40. The van der Waals surface area contributed by atoms with Gasteiger partial charge in [-0.25, -0.2) is 0 Å². The summed E-state index contributed by atoms with van der Waals surface area (Å²) in [5.41, 5.74) is 2.77. The van der Waals surface area contributed by atoms with E-state index in [1.165, 1.54) is 11.1 Å². The standard InChI is InChI=1S/C8H9OP/c10-9-8-5-6-3-1-2-4-7(6)8/h1-4,8H,5,10H2. The molecule has 1 nitrogen and oxygen atoms in total. The van der Waals surface area contributed by atoms with Crippen molar-refractivity contribution in [3.8, 4) is 0 Å². The Morgan fingerprint density at radius 1 is 1.40 bits per heavy atom. The first-order chi connectivity index (χ1) is 4.92. The molecule has 0 bridgehead atoms. The van der Waals surface area contributed by atoms with Crippen LogP contribution in [-0.4, -0.2) is 0 Å². The van der Waals surface area contributed by atoms with Crippen molar-refractivity contribution in [2.75, 3.05) is 0 Å². The Labute approximate surface area is 62.7 Å². The van der Waals surface area contributed by atoms with Crippen molar-refractivity contribution in [3.05, 3.63) is 35.4 Å². The molecule has 1 aliphatic rings. The molecule has 0 saturated carbocycles. The van der Waals surface area contributed by atoms with Crippen molar-refractivity contribution in [1.29, 1.82) is 0 Å². The van der Waals surface area contributed by atoms with Crippen molar-refractivity contribution in [3.63, 3.8) is 0 Å². The van der Waals surface area contributed by atoms with Gasteiger partial charge in [-0.2, -0.15) is 0 Å². The van der Waals surface area contributed by atoms with Gasteiger partial charge in [-0.15, -0.1) is 0 Å². The highest BCUT2D eigenvalue weighted by atomic mass is 31.0. The lowest BCUT2D eigenvalue weighted by Gasteiger charge is -2.27. The molecule has 0 amide bonds. The van der Waals surface area contributed by atoms with E-state index in [9.17, 15) is 0 Å². The van der Waals surface area contributed by atoms with Crippen LogP contribution >= 0.6 is 9.47 Å². The highest BCUT2D eigenvalue weighted by Crippen LogP contribution is 2.36. The van der Waals surface area contributed by atoms with Gasteiger partial charge in [0.1, 0.15) is 0 Å². The van der Waals surface area contributed by atoms with Crippen LogP contribution in [0, 0.1) is 0 Å². The first-order valence-corrected chi connectivity index (χ1v) is 3.82. The van der Waals surface area contributed by atoms with Crippen molar-refractivity contribution >= 4 is 9.47 Å². The van der Waals surface area contributed by atoms with Crippen LogP contribution in [0.2, 0.25) is 0 Å². The summed E-state index contributed by atoms with van der Waals surface area (Å²) < 4.78 is 5.13. The Morgan fingerprint density at radius 3 is 2.90 bits per heavy atom. The molecule has 1 aliphatic carbocycles. The topological polar surface area (TPSA) is 9.23 Å². The predicted octanol–water partition coefficient (Wildman–Crippen LogP) is 2.09. The molecule has 0 fully saturated rings. The van der Waals surface area contributed by atoms with Gasteiger partial charge in [0.2, 0.25) is 0 Å². The Morgan fingerprint density at radius 2 is 2.20 bits per heavy atom. The quantitative estimate of drug-likeness (QED) is 0.560. The van der Waals surface area contributed by atoms with Gasteiger partial charge in [0.15, 0.2) is 0 Å². The second kappa shape index (κ2) is 2.34. The Balaban J connectivity index is 2.34. The van der Waals surface area contributed by atoms with Crippen LogP contribution in [0.15, 0.2) is 24.3 Å². The summed E-state index contributed by atoms with van der Waals surface area (Å²) >= 11 is 0. The van der Waals surface area contributed by atoms with E-state index in [-0.39, 0.29) is 0 Å². The van der Waals surface area contributed by atoms with E-state index in [0.717, 1.165) is 6.42 Å². The van der Waals surface area contributed by atoms with E-state index in [2.05, 4.69) is 33.7 Å². The van der Waals surface area contributed by atoms with Gasteiger partial charge < -0.3 is 4.52 Å². The molecule has 0 heterocycles. The molecular formula is C8H9OP. The maximum absolute atomic E-state index is 5.13. The number of hydrogen-bond acceptors (Lipinski definition) is 1. The lowest BCUT2D eigenvalue weighted by Crippen LogP contribution is -2.16. The van der Waals surface area contributed by atoms with Crippen molar-refractivity contribution in [1.82, 2.24) is 0 Å².